The van der Waals surface area contributed by atoms with E-state index in [1.165, 1.54) is 4.88 Å². The van der Waals surface area contributed by atoms with Gasteiger partial charge in [-0.3, -0.25) is 0 Å². The van der Waals surface area contributed by atoms with Gasteiger partial charge in [0.15, 0.2) is 0 Å². The van der Waals surface area contributed by atoms with Crippen molar-refractivity contribution < 1.29 is 5.11 Å². The molecule has 3 heterocycles. The molecule has 0 aliphatic rings. The lowest BCUT2D eigenvalue weighted by atomic mass is 10.1. The third-order valence-electron chi connectivity index (χ3n) is 2.79. The molecular weight excluding hydrogens is 232 g/mol. The number of aliphatic hydroxyl groups excluding tert-OH is 1. The van der Waals surface area contributed by atoms with Crippen molar-refractivity contribution in [1.82, 2.24) is 9.61 Å². The van der Waals surface area contributed by atoms with Crippen molar-refractivity contribution >= 4 is 16.9 Å². The van der Waals surface area contributed by atoms with Crippen LogP contribution in [0.2, 0.25) is 0 Å². The van der Waals surface area contributed by atoms with Crippen LogP contribution < -0.4 is 0 Å². The number of aromatic nitrogens is 2. The molecule has 3 rings (SSSR count). The van der Waals surface area contributed by atoms with Crippen LogP contribution in [0.3, 0.4) is 0 Å². The van der Waals surface area contributed by atoms with Gasteiger partial charge in [-0.2, -0.15) is 5.10 Å². The molecule has 0 saturated carbocycles. The van der Waals surface area contributed by atoms with E-state index in [0.717, 1.165) is 11.1 Å². The average molecular weight is 244 g/mol. The van der Waals surface area contributed by atoms with Crippen LogP contribution in [0.5, 0.6) is 0 Å². The Kier molecular flexibility index (Phi) is 2.66. The third kappa shape index (κ3) is 1.97. The Morgan fingerprint density at radius 2 is 2.24 bits per heavy atom. The summed E-state index contributed by atoms with van der Waals surface area (Å²) in [7, 11) is 0. The first-order valence-corrected chi connectivity index (χ1v) is 6.35. The molecule has 0 radical (unpaired) electrons. The van der Waals surface area contributed by atoms with Crippen LogP contribution in [-0.4, -0.2) is 14.7 Å². The molecule has 0 amide bonds. The summed E-state index contributed by atoms with van der Waals surface area (Å²) in [6, 6.07) is 9.90. The van der Waals surface area contributed by atoms with Crippen molar-refractivity contribution in [2.75, 3.05) is 0 Å². The van der Waals surface area contributed by atoms with E-state index >= 15 is 0 Å². The number of aliphatic hydroxyl groups is 1. The quantitative estimate of drug-likeness (QED) is 0.769. The summed E-state index contributed by atoms with van der Waals surface area (Å²) in [5.74, 6) is 0. The molecule has 1 unspecified atom stereocenters. The molecule has 3 aromatic rings. The topological polar surface area (TPSA) is 37.5 Å². The van der Waals surface area contributed by atoms with Gasteiger partial charge in [-0.1, -0.05) is 12.1 Å². The minimum atomic E-state index is -0.492. The average Bonchev–Trinajstić information content (AvgIpc) is 2.96. The van der Waals surface area contributed by atoms with Crippen molar-refractivity contribution in [3.63, 3.8) is 0 Å². The minimum absolute atomic E-state index is 0.492. The van der Waals surface area contributed by atoms with E-state index in [2.05, 4.69) is 5.10 Å². The molecule has 0 saturated heterocycles. The standard InChI is InChI=1S/C13H12N2OS/c16-13(8-10-4-3-7-17-10)11-9-14-15-6-2-1-5-12(11)15/h1-7,9,13,16H,8H2. The van der Waals surface area contributed by atoms with Gasteiger partial charge in [-0.15, -0.1) is 11.3 Å². The molecule has 0 aliphatic heterocycles. The number of hydrogen-bond acceptors (Lipinski definition) is 3. The van der Waals surface area contributed by atoms with E-state index in [4.69, 9.17) is 0 Å². The lowest BCUT2D eigenvalue weighted by Gasteiger charge is -2.07. The molecule has 0 spiro atoms. The van der Waals surface area contributed by atoms with Crippen molar-refractivity contribution in [2.24, 2.45) is 0 Å². The van der Waals surface area contributed by atoms with Crippen LogP contribution in [0, 0.1) is 0 Å². The highest BCUT2D eigenvalue weighted by Crippen LogP contribution is 2.24. The van der Waals surface area contributed by atoms with Crippen LogP contribution >= 0.6 is 11.3 Å². The van der Waals surface area contributed by atoms with Gasteiger partial charge >= 0.3 is 0 Å². The number of hydrogen-bond donors (Lipinski definition) is 1. The predicted octanol–water partition coefficient (Wildman–Crippen LogP) is 2.67. The maximum atomic E-state index is 10.2. The van der Waals surface area contributed by atoms with Gasteiger partial charge in [0, 0.05) is 23.1 Å². The molecule has 0 aromatic carbocycles. The number of nitrogens with zero attached hydrogens (tertiary/aromatic N) is 2. The fourth-order valence-corrected chi connectivity index (χ4v) is 2.68. The van der Waals surface area contributed by atoms with E-state index < -0.39 is 6.10 Å². The third-order valence-corrected chi connectivity index (χ3v) is 3.69. The van der Waals surface area contributed by atoms with Gasteiger partial charge in [-0.05, 0) is 23.6 Å². The Hall–Kier alpha value is -1.65. The molecule has 0 bridgehead atoms. The van der Waals surface area contributed by atoms with Gasteiger partial charge in [0.2, 0.25) is 0 Å². The lowest BCUT2D eigenvalue weighted by Crippen LogP contribution is -1.99. The van der Waals surface area contributed by atoms with Crippen molar-refractivity contribution in [2.45, 2.75) is 12.5 Å². The first-order valence-electron chi connectivity index (χ1n) is 5.47. The summed E-state index contributed by atoms with van der Waals surface area (Å²) in [5, 5.41) is 16.5. The fraction of sp³-hybridized carbons (Fsp3) is 0.154. The van der Waals surface area contributed by atoms with Crippen LogP contribution in [0.25, 0.3) is 5.52 Å². The van der Waals surface area contributed by atoms with E-state index in [1.54, 1.807) is 22.0 Å². The summed E-state index contributed by atoms with van der Waals surface area (Å²) < 4.78 is 1.78. The summed E-state index contributed by atoms with van der Waals surface area (Å²) in [4.78, 5) is 1.19. The monoisotopic (exact) mass is 244 g/mol. The SMILES string of the molecule is OC(Cc1cccs1)c1cnn2ccccc12. The molecule has 3 aromatic heterocycles. The summed E-state index contributed by atoms with van der Waals surface area (Å²) in [6.07, 6.45) is 3.78. The van der Waals surface area contributed by atoms with Crippen molar-refractivity contribution in [3.05, 3.63) is 58.5 Å². The molecule has 3 nitrogen and oxygen atoms in total. The molecule has 1 N–H and O–H groups in total. The maximum absolute atomic E-state index is 10.2. The van der Waals surface area contributed by atoms with E-state index in [-0.39, 0.29) is 0 Å². The lowest BCUT2D eigenvalue weighted by molar-refractivity contribution is 0.181. The summed E-state index contributed by atoms with van der Waals surface area (Å²) in [5.41, 5.74) is 1.86. The Labute approximate surface area is 103 Å². The van der Waals surface area contributed by atoms with E-state index in [1.807, 2.05) is 41.9 Å². The van der Waals surface area contributed by atoms with Crippen molar-refractivity contribution in [3.8, 4) is 0 Å². The Balaban J connectivity index is 1.93. The number of fused-ring (bicyclic) bond motifs is 1. The Morgan fingerprint density at radius 3 is 3.06 bits per heavy atom. The zero-order valence-electron chi connectivity index (χ0n) is 9.15. The number of rotatable bonds is 3. The molecule has 1 atom stereocenters. The van der Waals surface area contributed by atoms with Gasteiger partial charge in [0.05, 0.1) is 17.8 Å². The minimum Gasteiger partial charge on any atom is -0.388 e. The van der Waals surface area contributed by atoms with Crippen LogP contribution in [0.1, 0.15) is 16.5 Å². The number of thiophene rings is 1. The predicted molar refractivity (Wildman–Crippen MR) is 68.2 cm³/mol. The van der Waals surface area contributed by atoms with Crippen LogP contribution in [-0.2, 0) is 6.42 Å². The zero-order valence-corrected chi connectivity index (χ0v) is 9.97. The highest BCUT2D eigenvalue weighted by atomic mass is 32.1. The Bertz CT molecular complexity index is 615. The normalized spacial score (nSPS) is 13.0. The highest BCUT2D eigenvalue weighted by Gasteiger charge is 2.14. The second kappa shape index (κ2) is 4.31. The Morgan fingerprint density at radius 1 is 1.29 bits per heavy atom. The molecule has 86 valence electrons. The van der Waals surface area contributed by atoms with Crippen LogP contribution in [0.15, 0.2) is 48.1 Å². The molecule has 0 aliphatic carbocycles. The van der Waals surface area contributed by atoms with Gasteiger partial charge in [0.1, 0.15) is 0 Å². The summed E-state index contributed by atoms with van der Waals surface area (Å²) >= 11 is 1.67. The first-order chi connectivity index (χ1) is 8.34. The second-order valence-corrected chi connectivity index (χ2v) is 4.96. The zero-order chi connectivity index (χ0) is 11.7. The number of pyridine rings is 1. The maximum Gasteiger partial charge on any atom is 0.0874 e. The highest BCUT2D eigenvalue weighted by molar-refractivity contribution is 7.09. The van der Waals surface area contributed by atoms with E-state index in [9.17, 15) is 5.11 Å². The van der Waals surface area contributed by atoms with Crippen LogP contribution in [0.4, 0.5) is 0 Å². The first kappa shape index (κ1) is 10.5. The largest absolute Gasteiger partial charge is 0.388 e. The molecule has 0 fully saturated rings. The fourth-order valence-electron chi connectivity index (χ4n) is 1.94. The molecule has 17 heavy (non-hydrogen) atoms. The summed E-state index contributed by atoms with van der Waals surface area (Å²) in [6.45, 7) is 0. The van der Waals surface area contributed by atoms with E-state index in [0.29, 0.717) is 6.42 Å². The van der Waals surface area contributed by atoms with Gasteiger partial charge in [-0.25, -0.2) is 4.52 Å². The van der Waals surface area contributed by atoms with Gasteiger partial charge < -0.3 is 5.11 Å². The molecular formula is C13H12N2OS. The van der Waals surface area contributed by atoms with Crippen molar-refractivity contribution in [1.29, 1.82) is 0 Å². The van der Waals surface area contributed by atoms with Gasteiger partial charge in [0.25, 0.3) is 0 Å². The second-order valence-electron chi connectivity index (χ2n) is 3.93. The smallest absolute Gasteiger partial charge is 0.0874 e. The molecule has 4 heteroatoms.